The normalized spacial score (nSPS) is 3.33. The molecule has 0 saturated carbocycles. The molecule has 0 spiro atoms. The van der Waals surface area contributed by atoms with E-state index in [0.29, 0.717) is 0 Å². The summed E-state index contributed by atoms with van der Waals surface area (Å²) in [4.78, 5) is 8.93. The van der Waals surface area contributed by atoms with Crippen molar-refractivity contribution < 1.29 is 37.5 Å². The Labute approximate surface area is 63.7 Å². The number of hydrogen-bond acceptors (Lipinski definition) is 1. The van der Waals surface area contributed by atoms with Crippen LogP contribution in [0.5, 0.6) is 0 Å². The van der Waals surface area contributed by atoms with Gasteiger partial charge < -0.3 is 12.2 Å². The molecule has 0 atom stereocenters. The standard InChI is InChI=1S/C3H3O.CH3.Y/c1-2-3-4;;/h2H,1H2;1H3;/q2*-1;. The minimum atomic E-state index is 0. The van der Waals surface area contributed by atoms with Crippen molar-refractivity contribution in [3.8, 4) is 0 Å². The zero-order valence-electron chi connectivity index (χ0n) is 3.77. The van der Waals surface area contributed by atoms with E-state index in [4.69, 9.17) is 4.79 Å². The largest absolute Gasteiger partial charge is 0.419 e. The third-order valence-electron chi connectivity index (χ3n) is 0.0833. The van der Waals surface area contributed by atoms with Gasteiger partial charge in [0.1, 0.15) is 0 Å². The molecular weight excluding hydrogens is 153 g/mol. The second kappa shape index (κ2) is 17.8. The number of hydrogen-bond donors (Lipinski definition) is 0. The molecule has 0 aromatic heterocycles. The van der Waals surface area contributed by atoms with E-state index in [1.807, 2.05) is 0 Å². The summed E-state index contributed by atoms with van der Waals surface area (Å²) in [6, 6.07) is 0. The third-order valence-corrected chi connectivity index (χ3v) is 0.0833. The quantitative estimate of drug-likeness (QED) is 0.407. The first-order chi connectivity index (χ1) is 1.91. The SMILES string of the molecule is C=C[C-]=O.[CH3-].[Y]. The fourth-order valence-corrected chi connectivity index (χ4v) is 0. The number of allylic oxidation sites excluding steroid dienone is 1. The van der Waals surface area contributed by atoms with Crippen LogP contribution in [0.3, 0.4) is 0 Å². The molecule has 33 valence electrons. The molecule has 0 heterocycles. The van der Waals surface area contributed by atoms with Crippen molar-refractivity contribution in [2.75, 3.05) is 0 Å². The van der Waals surface area contributed by atoms with E-state index in [0.717, 1.165) is 6.08 Å². The van der Waals surface area contributed by atoms with Crippen LogP contribution in [-0.2, 0) is 37.5 Å². The maximum Gasteiger partial charge on any atom is 0 e. The molecule has 0 aliphatic carbocycles. The summed E-state index contributed by atoms with van der Waals surface area (Å²) in [6.45, 7) is 3.06. The zero-order chi connectivity index (χ0) is 3.41. The second-order valence-electron chi connectivity index (χ2n) is 0.322. The molecular formula is C4H6OY-2. The molecule has 1 radical (unpaired) electrons. The molecule has 0 aromatic rings. The average Bonchev–Trinajstić information content (AvgIpc) is 1.37. The van der Waals surface area contributed by atoms with Crippen LogP contribution in [0, 0.1) is 7.43 Å². The smallest absolute Gasteiger partial charge is 0 e. The predicted octanol–water partition coefficient (Wildman–Crippen LogP) is 0.730. The molecule has 0 N–H and O–H groups in total. The van der Waals surface area contributed by atoms with Crippen LogP contribution < -0.4 is 0 Å². The molecule has 2 heteroatoms. The first kappa shape index (κ1) is 16.0. The van der Waals surface area contributed by atoms with Crippen LogP contribution in [0.4, 0.5) is 0 Å². The summed E-state index contributed by atoms with van der Waals surface area (Å²) in [6.07, 6.45) is 2.51. The van der Waals surface area contributed by atoms with E-state index in [-0.39, 0.29) is 40.1 Å². The summed E-state index contributed by atoms with van der Waals surface area (Å²) < 4.78 is 0. The summed E-state index contributed by atoms with van der Waals surface area (Å²) in [5.41, 5.74) is 0. The summed E-state index contributed by atoms with van der Waals surface area (Å²) in [7, 11) is 0. The van der Waals surface area contributed by atoms with Crippen molar-refractivity contribution in [3.63, 3.8) is 0 Å². The van der Waals surface area contributed by atoms with Gasteiger partial charge in [0.05, 0.1) is 0 Å². The maximum absolute atomic E-state index is 8.93. The summed E-state index contributed by atoms with van der Waals surface area (Å²) in [5.74, 6) is 0. The number of rotatable bonds is 1. The van der Waals surface area contributed by atoms with Crippen LogP contribution in [0.25, 0.3) is 0 Å². The molecule has 0 bridgehead atoms. The van der Waals surface area contributed by atoms with E-state index in [9.17, 15) is 0 Å². The molecule has 6 heavy (non-hydrogen) atoms. The number of carbonyl (C=O) groups excluding carboxylic acids is 1. The van der Waals surface area contributed by atoms with Crippen LogP contribution >= 0.6 is 0 Å². The van der Waals surface area contributed by atoms with Gasteiger partial charge in [0, 0.05) is 32.7 Å². The Balaban J connectivity index is -0.0000000450. The van der Waals surface area contributed by atoms with Crippen molar-refractivity contribution >= 4 is 6.29 Å². The topological polar surface area (TPSA) is 17.1 Å². The third kappa shape index (κ3) is 24.3. The molecule has 1 nitrogen and oxygen atoms in total. The van der Waals surface area contributed by atoms with Crippen molar-refractivity contribution in [2.45, 2.75) is 0 Å². The summed E-state index contributed by atoms with van der Waals surface area (Å²) >= 11 is 0. The van der Waals surface area contributed by atoms with Gasteiger partial charge in [-0.05, 0) is 6.29 Å². The molecule has 0 aliphatic heterocycles. The minimum Gasteiger partial charge on any atom is -0.419 e. The van der Waals surface area contributed by atoms with Crippen molar-refractivity contribution in [2.24, 2.45) is 0 Å². The van der Waals surface area contributed by atoms with E-state index >= 15 is 0 Å². The van der Waals surface area contributed by atoms with E-state index < -0.39 is 0 Å². The molecule has 0 rings (SSSR count). The monoisotopic (exact) mass is 159 g/mol. The van der Waals surface area contributed by atoms with Crippen LogP contribution in [0.15, 0.2) is 12.7 Å². The van der Waals surface area contributed by atoms with E-state index in [1.165, 1.54) is 6.29 Å². The average molecular weight is 159 g/mol. The van der Waals surface area contributed by atoms with Gasteiger partial charge in [-0.15, -0.1) is 0 Å². The molecule has 0 aliphatic rings. The molecule has 0 unspecified atom stereocenters. The fourth-order valence-electron chi connectivity index (χ4n) is 0. The Bertz CT molecular complexity index is 28.5. The second-order valence-corrected chi connectivity index (χ2v) is 0.322. The van der Waals surface area contributed by atoms with Gasteiger partial charge in [-0.25, -0.2) is 12.7 Å². The molecule has 0 amide bonds. The van der Waals surface area contributed by atoms with Gasteiger partial charge in [-0.1, -0.05) is 0 Å². The van der Waals surface area contributed by atoms with Crippen LogP contribution in [-0.4, -0.2) is 6.29 Å². The van der Waals surface area contributed by atoms with Crippen molar-refractivity contribution in [1.82, 2.24) is 0 Å². The Morgan fingerprint density at radius 2 is 1.83 bits per heavy atom. The van der Waals surface area contributed by atoms with Crippen LogP contribution in [0.1, 0.15) is 0 Å². The first-order valence-corrected chi connectivity index (χ1v) is 0.901. The Kier molecular flexibility index (Phi) is 47.5. The zero-order valence-corrected chi connectivity index (χ0v) is 6.61. The first-order valence-electron chi connectivity index (χ1n) is 0.901. The Morgan fingerprint density at radius 1 is 1.67 bits per heavy atom. The minimum absolute atomic E-state index is 0. The predicted molar refractivity (Wildman–Crippen MR) is 22.3 cm³/mol. The summed E-state index contributed by atoms with van der Waals surface area (Å²) in [5, 5.41) is 0. The maximum atomic E-state index is 8.93. The van der Waals surface area contributed by atoms with Crippen molar-refractivity contribution in [3.05, 3.63) is 20.1 Å². The van der Waals surface area contributed by atoms with Gasteiger partial charge in [-0.3, -0.25) is 0 Å². The molecule has 0 aromatic carbocycles. The fraction of sp³-hybridized carbons (Fsp3) is 0. The van der Waals surface area contributed by atoms with Crippen molar-refractivity contribution in [1.29, 1.82) is 0 Å². The Morgan fingerprint density at radius 3 is 1.83 bits per heavy atom. The van der Waals surface area contributed by atoms with Crippen LogP contribution in [0.2, 0.25) is 0 Å². The van der Waals surface area contributed by atoms with Gasteiger partial charge in [0.25, 0.3) is 0 Å². The van der Waals surface area contributed by atoms with E-state index in [1.54, 1.807) is 0 Å². The van der Waals surface area contributed by atoms with Gasteiger partial charge in [0.15, 0.2) is 0 Å². The van der Waals surface area contributed by atoms with Gasteiger partial charge in [0.2, 0.25) is 0 Å². The Hall–Kier alpha value is 0.514. The molecule has 0 fully saturated rings. The van der Waals surface area contributed by atoms with Gasteiger partial charge in [-0.2, -0.15) is 0 Å². The van der Waals surface area contributed by atoms with Gasteiger partial charge >= 0.3 is 0 Å². The molecule has 0 saturated heterocycles. The van der Waals surface area contributed by atoms with E-state index in [2.05, 4.69) is 6.58 Å².